The molecule has 0 saturated heterocycles. The number of rotatable bonds is 8. The molecule has 0 unspecified atom stereocenters. The van der Waals surface area contributed by atoms with Gasteiger partial charge in [0.15, 0.2) is 0 Å². The zero-order chi connectivity index (χ0) is 26.0. The third-order valence-corrected chi connectivity index (χ3v) is 7.11. The highest BCUT2D eigenvalue weighted by atomic mass is 32.2. The van der Waals surface area contributed by atoms with Crippen LogP contribution < -0.4 is 5.32 Å². The van der Waals surface area contributed by atoms with Crippen molar-refractivity contribution in [2.75, 3.05) is 18.4 Å². The number of sulfonamides is 1. The molecule has 2 aromatic carbocycles. The van der Waals surface area contributed by atoms with E-state index in [-0.39, 0.29) is 22.5 Å². The Labute approximate surface area is 202 Å². The number of likely N-dealkylation sites (N-methyl/N-ethyl adjacent to an activating group) is 1. The van der Waals surface area contributed by atoms with Crippen LogP contribution in [0.15, 0.2) is 59.5 Å². The van der Waals surface area contributed by atoms with Gasteiger partial charge in [0.05, 0.1) is 27.7 Å². The van der Waals surface area contributed by atoms with Gasteiger partial charge in [0.2, 0.25) is 15.9 Å². The Morgan fingerprint density at radius 2 is 1.74 bits per heavy atom. The topological polar surface area (TPSA) is 127 Å². The summed E-state index contributed by atoms with van der Waals surface area (Å²) >= 11 is 0. The summed E-state index contributed by atoms with van der Waals surface area (Å²) in [7, 11) is -4.08. The van der Waals surface area contributed by atoms with Crippen LogP contribution in [0, 0.1) is 15.9 Å². The molecule has 0 aliphatic heterocycles. The van der Waals surface area contributed by atoms with Gasteiger partial charge < -0.3 is 5.32 Å². The summed E-state index contributed by atoms with van der Waals surface area (Å²) in [4.78, 5) is 23.0. The first-order valence-corrected chi connectivity index (χ1v) is 12.2. The van der Waals surface area contributed by atoms with E-state index in [4.69, 9.17) is 0 Å². The number of nitro benzene ring substituents is 1. The number of amides is 1. The van der Waals surface area contributed by atoms with Crippen molar-refractivity contribution >= 4 is 27.4 Å². The second-order valence-corrected chi connectivity index (χ2v) is 10.7. The molecular weight excluding hydrogens is 477 g/mol. The van der Waals surface area contributed by atoms with Gasteiger partial charge in [-0.25, -0.2) is 17.5 Å². The van der Waals surface area contributed by atoms with Crippen molar-refractivity contribution in [1.29, 1.82) is 0 Å². The molecule has 1 heterocycles. The fourth-order valence-electron chi connectivity index (χ4n) is 3.21. The lowest BCUT2D eigenvalue weighted by Crippen LogP contribution is -2.38. The number of hydrogen-bond donors (Lipinski definition) is 1. The van der Waals surface area contributed by atoms with Crippen molar-refractivity contribution in [3.05, 3.63) is 76.2 Å². The van der Waals surface area contributed by atoms with Gasteiger partial charge in [0.1, 0.15) is 11.6 Å². The van der Waals surface area contributed by atoms with Crippen LogP contribution in [0.2, 0.25) is 0 Å². The zero-order valence-electron chi connectivity index (χ0n) is 19.7. The smallest absolute Gasteiger partial charge is 0.269 e. The van der Waals surface area contributed by atoms with E-state index in [1.54, 1.807) is 13.0 Å². The first-order chi connectivity index (χ1) is 16.3. The van der Waals surface area contributed by atoms with Gasteiger partial charge >= 0.3 is 0 Å². The summed E-state index contributed by atoms with van der Waals surface area (Å²) in [5.74, 6) is -0.728. The average molecular weight is 504 g/mol. The van der Waals surface area contributed by atoms with Crippen LogP contribution in [-0.2, 0) is 20.2 Å². The standard InChI is InChI=1S/C23H26FN5O5S/c1-5-27(35(33,34)19-12-10-18(11-13-19)29(31)32)15-22(30)25-21-14-20(23(2,3)4)26-28(21)17-8-6-16(24)7-9-17/h6-14H,5,15H2,1-4H3,(H,25,30). The molecule has 12 heteroatoms. The molecule has 0 fully saturated rings. The Hall–Kier alpha value is -3.64. The molecule has 0 bridgehead atoms. The number of benzene rings is 2. The predicted molar refractivity (Wildman–Crippen MR) is 128 cm³/mol. The van der Waals surface area contributed by atoms with Gasteiger partial charge in [0, 0.05) is 30.2 Å². The summed E-state index contributed by atoms with van der Waals surface area (Å²) in [6, 6.07) is 11.7. The fourth-order valence-corrected chi connectivity index (χ4v) is 4.62. The van der Waals surface area contributed by atoms with E-state index in [0.29, 0.717) is 17.2 Å². The quantitative estimate of drug-likeness (QED) is 0.367. The van der Waals surface area contributed by atoms with Crippen molar-refractivity contribution in [3.8, 4) is 5.69 Å². The highest BCUT2D eigenvalue weighted by Crippen LogP contribution is 2.27. The number of aromatic nitrogens is 2. The highest BCUT2D eigenvalue weighted by molar-refractivity contribution is 7.89. The number of nitrogens with zero attached hydrogens (tertiary/aromatic N) is 4. The molecule has 0 aliphatic rings. The summed E-state index contributed by atoms with van der Waals surface area (Å²) in [6.45, 7) is 6.94. The second kappa shape index (κ2) is 9.92. The SMILES string of the molecule is CCN(CC(=O)Nc1cc(C(C)(C)C)nn1-c1ccc(F)cc1)S(=O)(=O)c1ccc([N+](=O)[O-])cc1. The molecule has 1 amide bonds. The minimum absolute atomic E-state index is 0.00277. The maximum atomic E-state index is 13.4. The van der Waals surface area contributed by atoms with E-state index in [2.05, 4.69) is 10.4 Å². The van der Waals surface area contributed by atoms with E-state index in [0.717, 1.165) is 28.6 Å². The number of anilines is 1. The summed E-state index contributed by atoms with van der Waals surface area (Å²) < 4.78 is 41.9. The third-order valence-electron chi connectivity index (χ3n) is 5.17. The van der Waals surface area contributed by atoms with Crippen molar-refractivity contribution in [2.45, 2.75) is 38.0 Å². The maximum Gasteiger partial charge on any atom is 0.269 e. The molecule has 35 heavy (non-hydrogen) atoms. The van der Waals surface area contributed by atoms with Crippen molar-refractivity contribution < 1.29 is 22.5 Å². The van der Waals surface area contributed by atoms with Crippen LogP contribution in [0.25, 0.3) is 5.69 Å². The average Bonchev–Trinajstić information content (AvgIpc) is 3.22. The zero-order valence-corrected chi connectivity index (χ0v) is 20.5. The molecule has 1 aromatic heterocycles. The number of carbonyl (C=O) groups excluding carboxylic acids is 1. The number of carbonyl (C=O) groups is 1. The molecule has 0 saturated carbocycles. The Kier molecular flexibility index (Phi) is 7.36. The number of nitrogens with one attached hydrogen (secondary N) is 1. The van der Waals surface area contributed by atoms with Gasteiger partial charge in [-0.3, -0.25) is 14.9 Å². The Balaban J connectivity index is 1.86. The van der Waals surface area contributed by atoms with Crippen LogP contribution in [0.1, 0.15) is 33.4 Å². The molecule has 0 aliphatic carbocycles. The first-order valence-electron chi connectivity index (χ1n) is 10.7. The summed E-state index contributed by atoms with van der Waals surface area (Å²) in [5.41, 5.74) is 0.596. The second-order valence-electron chi connectivity index (χ2n) is 8.78. The van der Waals surface area contributed by atoms with Gasteiger partial charge in [-0.15, -0.1) is 0 Å². The van der Waals surface area contributed by atoms with Crippen molar-refractivity contribution in [2.24, 2.45) is 0 Å². The van der Waals surface area contributed by atoms with E-state index in [1.165, 1.54) is 28.9 Å². The Morgan fingerprint density at radius 3 is 2.26 bits per heavy atom. The minimum Gasteiger partial charge on any atom is -0.309 e. The Bertz CT molecular complexity index is 1330. The summed E-state index contributed by atoms with van der Waals surface area (Å²) in [5, 5.41) is 18.1. The van der Waals surface area contributed by atoms with Crippen LogP contribution in [0.5, 0.6) is 0 Å². The normalized spacial score (nSPS) is 12.1. The van der Waals surface area contributed by atoms with Crippen LogP contribution in [0.4, 0.5) is 15.9 Å². The Morgan fingerprint density at radius 1 is 1.14 bits per heavy atom. The van der Waals surface area contributed by atoms with Crippen molar-refractivity contribution in [1.82, 2.24) is 14.1 Å². The van der Waals surface area contributed by atoms with Gasteiger partial charge in [0.25, 0.3) is 5.69 Å². The lowest BCUT2D eigenvalue weighted by atomic mass is 9.92. The molecule has 3 aromatic rings. The number of halogens is 1. The number of non-ortho nitro benzene ring substituents is 1. The first kappa shape index (κ1) is 26.0. The fraction of sp³-hybridized carbons (Fsp3) is 0.304. The molecule has 3 rings (SSSR count). The molecule has 1 N–H and O–H groups in total. The van der Waals surface area contributed by atoms with Gasteiger partial charge in [-0.2, -0.15) is 9.40 Å². The minimum atomic E-state index is -4.08. The van der Waals surface area contributed by atoms with E-state index in [1.807, 2.05) is 20.8 Å². The van der Waals surface area contributed by atoms with Gasteiger partial charge in [-0.1, -0.05) is 27.7 Å². The molecule has 186 valence electrons. The van der Waals surface area contributed by atoms with Gasteiger partial charge in [-0.05, 0) is 36.4 Å². The maximum absolute atomic E-state index is 13.4. The van der Waals surface area contributed by atoms with E-state index in [9.17, 15) is 27.7 Å². The number of hydrogen-bond acceptors (Lipinski definition) is 6. The molecule has 10 nitrogen and oxygen atoms in total. The molecular formula is C23H26FN5O5S. The molecule has 0 spiro atoms. The predicted octanol–water partition coefficient (Wildman–Crippen LogP) is 3.87. The lowest BCUT2D eigenvalue weighted by molar-refractivity contribution is -0.384. The molecule has 0 atom stereocenters. The summed E-state index contributed by atoms with van der Waals surface area (Å²) in [6.07, 6.45) is 0. The largest absolute Gasteiger partial charge is 0.309 e. The van der Waals surface area contributed by atoms with E-state index >= 15 is 0 Å². The number of nitro groups is 1. The van der Waals surface area contributed by atoms with Crippen molar-refractivity contribution in [3.63, 3.8) is 0 Å². The monoisotopic (exact) mass is 503 g/mol. The third kappa shape index (κ3) is 5.89. The molecule has 0 radical (unpaired) electrons. The van der Waals surface area contributed by atoms with Crippen LogP contribution in [0.3, 0.4) is 0 Å². The lowest BCUT2D eigenvalue weighted by Gasteiger charge is -2.20. The van der Waals surface area contributed by atoms with Crippen LogP contribution >= 0.6 is 0 Å². The van der Waals surface area contributed by atoms with Crippen LogP contribution in [-0.4, -0.2) is 46.4 Å². The van der Waals surface area contributed by atoms with E-state index < -0.39 is 33.2 Å². The highest BCUT2D eigenvalue weighted by Gasteiger charge is 2.27.